The SMILES string of the molecule is CCNC(CSc1ccccc1F)c1ccccc1C. The highest BCUT2D eigenvalue weighted by molar-refractivity contribution is 7.99. The van der Waals surface area contributed by atoms with Crippen LogP contribution in [0.1, 0.15) is 24.1 Å². The Morgan fingerprint density at radius 3 is 2.50 bits per heavy atom. The van der Waals surface area contributed by atoms with Gasteiger partial charge in [-0.25, -0.2) is 4.39 Å². The smallest absolute Gasteiger partial charge is 0.136 e. The molecule has 0 aliphatic carbocycles. The number of hydrogen-bond acceptors (Lipinski definition) is 2. The zero-order valence-corrected chi connectivity index (χ0v) is 12.7. The van der Waals surface area contributed by atoms with Crippen molar-refractivity contribution in [3.05, 3.63) is 65.5 Å². The predicted octanol–water partition coefficient (Wildman–Crippen LogP) is 4.58. The third-order valence-electron chi connectivity index (χ3n) is 3.26. The van der Waals surface area contributed by atoms with Crippen LogP contribution in [-0.2, 0) is 0 Å². The molecule has 0 aliphatic heterocycles. The van der Waals surface area contributed by atoms with Crippen molar-refractivity contribution in [1.82, 2.24) is 5.32 Å². The van der Waals surface area contributed by atoms with Gasteiger partial charge < -0.3 is 5.32 Å². The van der Waals surface area contributed by atoms with Gasteiger partial charge in [-0.05, 0) is 36.7 Å². The Morgan fingerprint density at radius 2 is 1.80 bits per heavy atom. The highest BCUT2D eigenvalue weighted by Gasteiger charge is 2.13. The zero-order valence-electron chi connectivity index (χ0n) is 11.9. The first-order valence-electron chi connectivity index (χ1n) is 6.88. The number of benzene rings is 2. The van der Waals surface area contributed by atoms with Crippen molar-refractivity contribution >= 4 is 11.8 Å². The molecule has 0 aliphatic rings. The van der Waals surface area contributed by atoms with E-state index in [4.69, 9.17) is 0 Å². The number of nitrogens with one attached hydrogen (secondary N) is 1. The highest BCUT2D eigenvalue weighted by atomic mass is 32.2. The number of halogens is 1. The Morgan fingerprint density at radius 1 is 1.10 bits per heavy atom. The van der Waals surface area contributed by atoms with Gasteiger partial charge in [-0.1, -0.05) is 43.3 Å². The van der Waals surface area contributed by atoms with Crippen molar-refractivity contribution in [3.8, 4) is 0 Å². The molecule has 0 spiro atoms. The molecule has 1 atom stereocenters. The maximum atomic E-state index is 13.7. The van der Waals surface area contributed by atoms with Crippen LogP contribution < -0.4 is 5.32 Å². The van der Waals surface area contributed by atoms with Crippen LogP contribution in [0.15, 0.2) is 53.4 Å². The highest BCUT2D eigenvalue weighted by Crippen LogP contribution is 2.27. The van der Waals surface area contributed by atoms with Gasteiger partial charge in [0.15, 0.2) is 0 Å². The average molecular weight is 289 g/mol. The summed E-state index contributed by atoms with van der Waals surface area (Å²) in [5.74, 6) is 0.678. The van der Waals surface area contributed by atoms with Crippen LogP contribution in [0.3, 0.4) is 0 Å². The molecule has 0 heterocycles. The number of thioether (sulfide) groups is 1. The van der Waals surface area contributed by atoms with Crippen molar-refractivity contribution in [3.63, 3.8) is 0 Å². The molecule has 0 aromatic heterocycles. The minimum atomic E-state index is -0.141. The molecule has 3 heteroatoms. The number of aryl methyl sites for hydroxylation is 1. The summed E-state index contributed by atoms with van der Waals surface area (Å²) in [7, 11) is 0. The van der Waals surface area contributed by atoms with Crippen LogP contribution in [0.4, 0.5) is 4.39 Å². The second-order valence-electron chi connectivity index (χ2n) is 4.71. The van der Waals surface area contributed by atoms with Crippen LogP contribution in [-0.4, -0.2) is 12.3 Å². The zero-order chi connectivity index (χ0) is 14.4. The molecule has 106 valence electrons. The molecule has 20 heavy (non-hydrogen) atoms. The summed E-state index contributed by atoms with van der Waals surface area (Å²) in [5.41, 5.74) is 2.56. The van der Waals surface area contributed by atoms with E-state index >= 15 is 0 Å². The van der Waals surface area contributed by atoms with Gasteiger partial charge in [0.25, 0.3) is 0 Å². The van der Waals surface area contributed by atoms with Gasteiger partial charge in [-0.3, -0.25) is 0 Å². The van der Waals surface area contributed by atoms with Crippen LogP contribution in [0, 0.1) is 12.7 Å². The first kappa shape index (κ1) is 15.1. The normalized spacial score (nSPS) is 12.3. The molecular weight excluding hydrogens is 269 g/mol. The van der Waals surface area contributed by atoms with Crippen LogP contribution >= 0.6 is 11.8 Å². The van der Waals surface area contributed by atoms with Gasteiger partial charge in [0.2, 0.25) is 0 Å². The van der Waals surface area contributed by atoms with E-state index in [0.717, 1.165) is 12.3 Å². The first-order chi connectivity index (χ1) is 9.72. The lowest BCUT2D eigenvalue weighted by Crippen LogP contribution is -2.23. The molecular formula is C17H20FNS. The summed E-state index contributed by atoms with van der Waals surface area (Å²) in [5, 5.41) is 3.49. The van der Waals surface area contributed by atoms with E-state index in [1.807, 2.05) is 18.2 Å². The fraction of sp³-hybridized carbons (Fsp3) is 0.294. The van der Waals surface area contributed by atoms with Crippen LogP contribution in [0.2, 0.25) is 0 Å². The summed E-state index contributed by atoms with van der Waals surface area (Å²) < 4.78 is 13.7. The summed E-state index contributed by atoms with van der Waals surface area (Å²) in [4.78, 5) is 0.712. The van der Waals surface area contributed by atoms with Gasteiger partial charge in [-0.15, -0.1) is 11.8 Å². The van der Waals surface area contributed by atoms with Crippen molar-refractivity contribution in [2.45, 2.75) is 24.8 Å². The molecule has 0 radical (unpaired) electrons. The first-order valence-corrected chi connectivity index (χ1v) is 7.87. The van der Waals surface area contributed by atoms with E-state index < -0.39 is 0 Å². The lowest BCUT2D eigenvalue weighted by atomic mass is 10.0. The van der Waals surface area contributed by atoms with Gasteiger partial charge in [0.1, 0.15) is 5.82 Å². The van der Waals surface area contributed by atoms with Gasteiger partial charge in [-0.2, -0.15) is 0 Å². The molecule has 0 saturated heterocycles. The van der Waals surface area contributed by atoms with E-state index in [9.17, 15) is 4.39 Å². The molecule has 0 fully saturated rings. The molecule has 2 aromatic carbocycles. The minimum Gasteiger partial charge on any atom is -0.309 e. The Hall–Kier alpha value is -1.32. The van der Waals surface area contributed by atoms with Crippen LogP contribution in [0.25, 0.3) is 0 Å². The van der Waals surface area contributed by atoms with Gasteiger partial charge in [0, 0.05) is 16.7 Å². The van der Waals surface area contributed by atoms with Crippen molar-refractivity contribution in [1.29, 1.82) is 0 Å². The standard InChI is InChI=1S/C17H20FNS/c1-3-19-16(14-9-5-4-8-13(14)2)12-20-17-11-7-6-10-15(17)18/h4-11,16,19H,3,12H2,1-2H3. The fourth-order valence-corrected chi connectivity index (χ4v) is 3.24. The minimum absolute atomic E-state index is 0.141. The summed E-state index contributed by atoms with van der Waals surface area (Å²) in [6.45, 7) is 5.11. The Balaban J connectivity index is 2.11. The number of hydrogen-bond donors (Lipinski definition) is 1. The summed E-state index contributed by atoms with van der Waals surface area (Å²) in [6, 6.07) is 15.6. The summed E-state index contributed by atoms with van der Waals surface area (Å²) >= 11 is 1.56. The van der Waals surface area contributed by atoms with Crippen molar-refractivity contribution in [2.75, 3.05) is 12.3 Å². The summed E-state index contributed by atoms with van der Waals surface area (Å²) in [6.07, 6.45) is 0. The Bertz CT molecular complexity index is 556. The lowest BCUT2D eigenvalue weighted by molar-refractivity contribution is 0.594. The van der Waals surface area contributed by atoms with Crippen LogP contribution in [0.5, 0.6) is 0 Å². The molecule has 2 aromatic rings. The van der Waals surface area contributed by atoms with E-state index in [1.165, 1.54) is 17.2 Å². The Kier molecular flexibility index (Phi) is 5.62. The van der Waals surface area contributed by atoms with Gasteiger partial charge in [0.05, 0.1) is 0 Å². The molecule has 0 bridgehead atoms. The fourth-order valence-electron chi connectivity index (χ4n) is 2.22. The topological polar surface area (TPSA) is 12.0 Å². The molecule has 2 rings (SSSR count). The molecule has 1 unspecified atom stereocenters. The van der Waals surface area contributed by atoms with E-state index in [-0.39, 0.29) is 11.9 Å². The third kappa shape index (κ3) is 3.84. The third-order valence-corrected chi connectivity index (χ3v) is 4.40. The monoisotopic (exact) mass is 289 g/mol. The number of rotatable bonds is 6. The largest absolute Gasteiger partial charge is 0.309 e. The lowest BCUT2D eigenvalue weighted by Gasteiger charge is -2.20. The maximum absolute atomic E-state index is 13.7. The van der Waals surface area contributed by atoms with E-state index in [1.54, 1.807) is 17.8 Å². The second kappa shape index (κ2) is 7.46. The quantitative estimate of drug-likeness (QED) is 0.781. The van der Waals surface area contributed by atoms with E-state index in [0.29, 0.717) is 4.90 Å². The maximum Gasteiger partial charge on any atom is 0.136 e. The van der Waals surface area contributed by atoms with E-state index in [2.05, 4.69) is 37.4 Å². The predicted molar refractivity (Wildman–Crippen MR) is 84.7 cm³/mol. The Labute approximate surface area is 124 Å². The van der Waals surface area contributed by atoms with Crippen molar-refractivity contribution < 1.29 is 4.39 Å². The molecule has 0 saturated carbocycles. The second-order valence-corrected chi connectivity index (χ2v) is 5.77. The molecule has 1 nitrogen and oxygen atoms in total. The molecule has 1 N–H and O–H groups in total. The molecule has 0 amide bonds. The van der Waals surface area contributed by atoms with Crippen molar-refractivity contribution in [2.24, 2.45) is 0 Å². The average Bonchev–Trinajstić information content (AvgIpc) is 2.46. The van der Waals surface area contributed by atoms with Gasteiger partial charge >= 0.3 is 0 Å².